The van der Waals surface area contributed by atoms with E-state index in [0.29, 0.717) is 12.0 Å². The summed E-state index contributed by atoms with van der Waals surface area (Å²) in [4.78, 5) is 0. The van der Waals surface area contributed by atoms with Gasteiger partial charge in [-0.2, -0.15) is 0 Å². The first-order valence-electron chi connectivity index (χ1n) is 5.37. The molecule has 4 fully saturated rings. The minimum absolute atomic E-state index is 0.388. The monoisotopic (exact) mass is 166 g/mol. The molecule has 1 atom stereocenters. The molecule has 0 aliphatic heterocycles. The molecule has 4 saturated carbocycles. The lowest BCUT2D eigenvalue weighted by Crippen LogP contribution is -2.53. The highest BCUT2D eigenvalue weighted by molar-refractivity contribution is 5.08. The van der Waals surface area contributed by atoms with E-state index in [1.54, 1.807) is 0 Å². The molecule has 12 heavy (non-hydrogen) atoms. The van der Waals surface area contributed by atoms with Crippen LogP contribution in [0.1, 0.15) is 44.9 Å². The third kappa shape index (κ3) is 0.783. The van der Waals surface area contributed by atoms with Crippen LogP contribution in [0.4, 0.5) is 0 Å². The Labute approximate surface area is 74.2 Å². The van der Waals surface area contributed by atoms with Crippen molar-refractivity contribution in [1.82, 2.24) is 0 Å². The lowest BCUT2D eigenvalue weighted by molar-refractivity contribution is -0.139. The summed E-state index contributed by atoms with van der Waals surface area (Å²) in [5.41, 5.74) is 1.11. The summed E-state index contributed by atoms with van der Waals surface area (Å²) >= 11 is 0. The van der Waals surface area contributed by atoms with Gasteiger partial charge in [-0.05, 0) is 55.3 Å². The van der Waals surface area contributed by atoms with E-state index in [-0.39, 0.29) is 0 Å². The molecule has 1 spiro atoms. The van der Waals surface area contributed by atoms with Gasteiger partial charge in [-0.1, -0.05) is 6.42 Å². The van der Waals surface area contributed by atoms with Crippen LogP contribution in [0, 0.1) is 16.7 Å². The van der Waals surface area contributed by atoms with Crippen LogP contribution >= 0.6 is 0 Å². The predicted octanol–water partition coefficient (Wildman–Crippen LogP) is 2.34. The molecule has 0 saturated heterocycles. The molecule has 0 heterocycles. The summed E-state index contributed by atoms with van der Waals surface area (Å²) < 4.78 is 0. The Kier molecular flexibility index (Phi) is 1.27. The van der Waals surface area contributed by atoms with Crippen molar-refractivity contribution in [2.45, 2.75) is 44.9 Å². The quantitative estimate of drug-likeness (QED) is 0.634. The van der Waals surface area contributed by atoms with E-state index in [1.165, 1.54) is 44.9 Å². The van der Waals surface area contributed by atoms with Crippen LogP contribution in [0.15, 0.2) is 0 Å². The molecule has 1 unspecified atom stereocenters. The van der Waals surface area contributed by atoms with Crippen molar-refractivity contribution >= 4 is 0 Å². The highest BCUT2D eigenvalue weighted by atomic mass is 16.3. The Morgan fingerprint density at radius 3 is 2.67 bits per heavy atom. The van der Waals surface area contributed by atoms with Crippen molar-refractivity contribution in [3.05, 3.63) is 0 Å². The largest absolute Gasteiger partial charge is 0.396 e. The van der Waals surface area contributed by atoms with Gasteiger partial charge in [0.05, 0.1) is 0 Å². The van der Waals surface area contributed by atoms with Crippen molar-refractivity contribution in [1.29, 1.82) is 0 Å². The van der Waals surface area contributed by atoms with Crippen molar-refractivity contribution in [2.24, 2.45) is 16.7 Å². The summed E-state index contributed by atoms with van der Waals surface area (Å²) in [5.74, 6) is 0.992. The van der Waals surface area contributed by atoms with E-state index in [0.717, 1.165) is 11.3 Å². The molecule has 0 radical (unpaired) electrons. The summed E-state index contributed by atoms with van der Waals surface area (Å²) in [6.07, 6.45) is 9.84. The van der Waals surface area contributed by atoms with E-state index in [1.807, 2.05) is 0 Å². The highest BCUT2D eigenvalue weighted by Crippen LogP contribution is 2.67. The molecule has 4 rings (SSSR count). The average molecular weight is 166 g/mol. The smallest absolute Gasteiger partial charge is 0.0487 e. The Morgan fingerprint density at radius 2 is 2.00 bits per heavy atom. The maximum atomic E-state index is 9.43. The Bertz CT molecular complexity index is 200. The summed E-state index contributed by atoms with van der Waals surface area (Å²) in [6, 6.07) is 0. The standard InChI is InChI=1S/C11H18O/c12-8-11-3-1-2-10(7-11)4-9(5-10)6-11/h9,12H,1-8H2. The molecular formula is C11H18O. The molecule has 4 aliphatic carbocycles. The van der Waals surface area contributed by atoms with Crippen LogP contribution in [0.25, 0.3) is 0 Å². The number of hydrogen-bond donors (Lipinski definition) is 1. The summed E-state index contributed by atoms with van der Waals surface area (Å²) in [6.45, 7) is 0.464. The average Bonchev–Trinajstić information content (AvgIpc) is 2.02. The second-order valence-electron chi connectivity index (χ2n) is 5.67. The van der Waals surface area contributed by atoms with Gasteiger partial charge in [0, 0.05) is 6.61 Å². The van der Waals surface area contributed by atoms with Crippen molar-refractivity contribution < 1.29 is 5.11 Å². The van der Waals surface area contributed by atoms with Gasteiger partial charge in [0.15, 0.2) is 0 Å². The number of aliphatic hydroxyl groups excluding tert-OH is 1. The fraction of sp³-hybridized carbons (Fsp3) is 1.00. The van der Waals surface area contributed by atoms with Crippen LogP contribution in [0.2, 0.25) is 0 Å². The molecule has 68 valence electrons. The zero-order valence-corrected chi connectivity index (χ0v) is 7.68. The van der Waals surface area contributed by atoms with Gasteiger partial charge in [0.2, 0.25) is 0 Å². The maximum absolute atomic E-state index is 9.43. The number of aliphatic hydroxyl groups is 1. The second kappa shape index (κ2) is 2.06. The minimum atomic E-state index is 0.388. The molecule has 3 bridgehead atoms. The lowest BCUT2D eigenvalue weighted by Gasteiger charge is -2.63. The van der Waals surface area contributed by atoms with Crippen LogP contribution < -0.4 is 0 Å². The fourth-order valence-electron chi connectivity index (χ4n) is 4.45. The Balaban J connectivity index is 1.89. The third-order valence-corrected chi connectivity index (χ3v) is 4.66. The predicted molar refractivity (Wildman–Crippen MR) is 47.8 cm³/mol. The lowest BCUT2D eigenvalue weighted by atomic mass is 9.42. The van der Waals surface area contributed by atoms with Gasteiger partial charge < -0.3 is 5.11 Å². The Morgan fingerprint density at radius 1 is 1.17 bits per heavy atom. The molecule has 0 aromatic heterocycles. The molecule has 0 aromatic carbocycles. The number of hydrogen-bond acceptors (Lipinski definition) is 1. The first kappa shape index (κ1) is 7.37. The summed E-state index contributed by atoms with van der Waals surface area (Å²) in [5, 5.41) is 9.43. The van der Waals surface area contributed by atoms with Crippen LogP contribution in [-0.4, -0.2) is 11.7 Å². The number of rotatable bonds is 1. The minimum Gasteiger partial charge on any atom is -0.396 e. The van der Waals surface area contributed by atoms with Crippen molar-refractivity contribution in [3.8, 4) is 0 Å². The van der Waals surface area contributed by atoms with E-state index < -0.39 is 0 Å². The highest BCUT2D eigenvalue weighted by Gasteiger charge is 2.57. The van der Waals surface area contributed by atoms with E-state index in [4.69, 9.17) is 0 Å². The molecule has 4 aliphatic rings. The second-order valence-corrected chi connectivity index (χ2v) is 5.67. The van der Waals surface area contributed by atoms with Gasteiger partial charge >= 0.3 is 0 Å². The first-order chi connectivity index (χ1) is 5.76. The SMILES string of the molecule is OCC12CCCC3(CC(C1)C3)C2. The zero-order chi connectivity index (χ0) is 8.23. The topological polar surface area (TPSA) is 20.2 Å². The van der Waals surface area contributed by atoms with E-state index in [2.05, 4.69) is 0 Å². The van der Waals surface area contributed by atoms with E-state index >= 15 is 0 Å². The molecule has 1 nitrogen and oxygen atoms in total. The summed E-state index contributed by atoms with van der Waals surface area (Å²) in [7, 11) is 0. The zero-order valence-electron chi connectivity index (χ0n) is 7.68. The van der Waals surface area contributed by atoms with Gasteiger partial charge in [0.1, 0.15) is 0 Å². The van der Waals surface area contributed by atoms with E-state index in [9.17, 15) is 5.11 Å². The Hall–Kier alpha value is -0.0400. The van der Waals surface area contributed by atoms with Crippen molar-refractivity contribution in [3.63, 3.8) is 0 Å². The van der Waals surface area contributed by atoms with Gasteiger partial charge in [-0.15, -0.1) is 0 Å². The van der Waals surface area contributed by atoms with Crippen molar-refractivity contribution in [2.75, 3.05) is 6.61 Å². The van der Waals surface area contributed by atoms with Gasteiger partial charge in [-0.25, -0.2) is 0 Å². The normalized spacial score (nSPS) is 56.2. The molecule has 0 aromatic rings. The molecule has 1 N–H and O–H groups in total. The molecular weight excluding hydrogens is 148 g/mol. The van der Waals surface area contributed by atoms with Crippen LogP contribution in [0.3, 0.4) is 0 Å². The van der Waals surface area contributed by atoms with Crippen LogP contribution in [-0.2, 0) is 0 Å². The molecule has 1 heteroatoms. The van der Waals surface area contributed by atoms with Crippen LogP contribution in [0.5, 0.6) is 0 Å². The van der Waals surface area contributed by atoms with Gasteiger partial charge in [-0.3, -0.25) is 0 Å². The van der Waals surface area contributed by atoms with Gasteiger partial charge in [0.25, 0.3) is 0 Å². The molecule has 0 amide bonds. The first-order valence-corrected chi connectivity index (χ1v) is 5.37. The fourth-order valence-corrected chi connectivity index (χ4v) is 4.45. The third-order valence-electron chi connectivity index (χ3n) is 4.66. The maximum Gasteiger partial charge on any atom is 0.0487 e.